The van der Waals surface area contributed by atoms with Crippen molar-refractivity contribution in [2.24, 2.45) is 5.73 Å². The first-order valence-electron chi connectivity index (χ1n) is 8.88. The zero-order valence-corrected chi connectivity index (χ0v) is 18.0. The fraction of sp³-hybridized carbons (Fsp3) is 0.350. The number of benzene rings is 2. The molecule has 2 aromatic rings. The fourth-order valence-corrected chi connectivity index (χ4v) is 2.77. The van der Waals surface area contributed by atoms with Crippen LogP contribution in [0.25, 0.3) is 0 Å². The minimum absolute atomic E-state index is 0.136. The number of thiol groups is 1. The van der Waals surface area contributed by atoms with E-state index in [2.05, 4.69) is 17.9 Å². The third kappa shape index (κ3) is 8.17. The van der Waals surface area contributed by atoms with Crippen LogP contribution in [0, 0.1) is 0 Å². The van der Waals surface area contributed by atoms with E-state index in [1.54, 1.807) is 11.9 Å². The molecule has 0 saturated carbocycles. The molecule has 0 fully saturated rings. The van der Waals surface area contributed by atoms with Crippen molar-refractivity contribution in [1.29, 1.82) is 0 Å². The summed E-state index contributed by atoms with van der Waals surface area (Å²) < 4.78 is 1.97. The summed E-state index contributed by atoms with van der Waals surface area (Å²) in [5.74, 6) is 0.665. The number of nitrogens with zero attached hydrogens (tertiary/aromatic N) is 1. The van der Waals surface area contributed by atoms with Crippen molar-refractivity contribution in [3.63, 3.8) is 0 Å². The Kier molecular flexibility index (Phi) is 13.6. The van der Waals surface area contributed by atoms with Gasteiger partial charge in [0.05, 0.1) is 11.3 Å². The molecule has 0 spiro atoms. The summed E-state index contributed by atoms with van der Waals surface area (Å²) in [7, 11) is 1.93. The summed E-state index contributed by atoms with van der Waals surface area (Å²) in [6.07, 6.45) is 0. The molecule has 3 N–H and O–H groups in total. The number of nitrogens with two attached hydrogens (primary N) is 1. The average Bonchev–Trinajstić information content (AvgIpc) is 2.71. The highest BCUT2D eigenvalue weighted by Crippen LogP contribution is 2.25. The lowest BCUT2D eigenvalue weighted by molar-refractivity contribution is 0.102. The van der Waals surface area contributed by atoms with Crippen LogP contribution in [0.2, 0.25) is 0 Å². The van der Waals surface area contributed by atoms with Crippen molar-refractivity contribution in [2.75, 3.05) is 29.0 Å². The largest absolute Gasteiger partial charge is 0.330 e. The molecule has 2 aromatic carbocycles. The lowest BCUT2D eigenvalue weighted by Gasteiger charge is -2.20. The average molecular weight is 394 g/mol. The van der Waals surface area contributed by atoms with Gasteiger partial charge in [-0.2, -0.15) is 0 Å². The summed E-state index contributed by atoms with van der Waals surface area (Å²) in [5, 5.41) is 2.90. The highest BCUT2D eigenvalue weighted by Gasteiger charge is 2.14. The SMILES string of the molecule is CC.CC.CN(SCCN)c1ccccc1C(=O)Nc1ccc(S)cc1. The molecule has 0 radical (unpaired) electrons. The van der Waals surface area contributed by atoms with E-state index in [0.717, 1.165) is 22.0 Å². The molecule has 0 aromatic heterocycles. The van der Waals surface area contributed by atoms with E-state index in [1.165, 1.54) is 0 Å². The first-order chi connectivity index (χ1) is 12.6. The normalized spacial score (nSPS) is 9.19. The lowest BCUT2D eigenvalue weighted by atomic mass is 10.1. The number of carbonyl (C=O) groups is 1. The van der Waals surface area contributed by atoms with Gasteiger partial charge in [0.25, 0.3) is 5.91 Å². The van der Waals surface area contributed by atoms with Gasteiger partial charge in [-0.25, -0.2) is 0 Å². The Bertz CT molecular complexity index is 633. The number of carbonyl (C=O) groups excluding carboxylic acids is 1. The van der Waals surface area contributed by atoms with E-state index in [-0.39, 0.29) is 5.91 Å². The molecule has 0 unspecified atom stereocenters. The van der Waals surface area contributed by atoms with Crippen molar-refractivity contribution in [2.45, 2.75) is 32.6 Å². The van der Waals surface area contributed by atoms with Crippen LogP contribution in [0.5, 0.6) is 0 Å². The summed E-state index contributed by atoms with van der Waals surface area (Å²) in [5.41, 5.74) is 7.77. The van der Waals surface area contributed by atoms with Gasteiger partial charge in [-0.3, -0.25) is 4.79 Å². The van der Waals surface area contributed by atoms with Crippen molar-refractivity contribution < 1.29 is 4.79 Å². The van der Waals surface area contributed by atoms with E-state index in [0.29, 0.717) is 12.1 Å². The maximum atomic E-state index is 12.5. The molecule has 6 heteroatoms. The summed E-state index contributed by atoms with van der Waals surface area (Å²) in [6.45, 7) is 8.60. The lowest BCUT2D eigenvalue weighted by Crippen LogP contribution is -2.18. The van der Waals surface area contributed by atoms with Crippen LogP contribution in [-0.2, 0) is 0 Å². The van der Waals surface area contributed by atoms with Crippen molar-refractivity contribution in [3.8, 4) is 0 Å². The molecular weight excluding hydrogens is 362 g/mol. The Morgan fingerprint density at radius 3 is 2.23 bits per heavy atom. The standard InChI is InChI=1S/C16H19N3OS2.2C2H6/c1-19(22-11-10-17)15-5-3-2-4-14(15)16(20)18-12-6-8-13(21)9-7-12;2*1-2/h2-9,21H,10-11,17H2,1H3,(H,18,20);2*1-2H3. The van der Waals surface area contributed by atoms with Crippen molar-refractivity contribution in [3.05, 3.63) is 54.1 Å². The second-order valence-corrected chi connectivity index (χ2v) is 6.37. The third-order valence-corrected chi connectivity index (χ3v) is 4.32. The highest BCUT2D eigenvalue weighted by molar-refractivity contribution is 8.00. The molecule has 26 heavy (non-hydrogen) atoms. The first-order valence-corrected chi connectivity index (χ1v) is 10.3. The number of rotatable bonds is 6. The van der Waals surface area contributed by atoms with Crippen molar-refractivity contribution in [1.82, 2.24) is 0 Å². The number of nitrogens with one attached hydrogen (secondary N) is 1. The molecule has 0 saturated heterocycles. The molecule has 2 rings (SSSR count). The Morgan fingerprint density at radius 1 is 1.08 bits per heavy atom. The monoisotopic (exact) mass is 393 g/mol. The number of amides is 1. The van der Waals surface area contributed by atoms with Crippen molar-refractivity contribution >= 4 is 41.9 Å². The smallest absolute Gasteiger partial charge is 0.257 e. The predicted octanol–water partition coefficient (Wildman–Crippen LogP) is 5.32. The maximum absolute atomic E-state index is 12.5. The van der Waals surface area contributed by atoms with Gasteiger partial charge in [0, 0.05) is 29.9 Å². The van der Waals surface area contributed by atoms with Gasteiger partial charge in [0.1, 0.15) is 0 Å². The van der Waals surface area contributed by atoms with Crippen LogP contribution in [0.15, 0.2) is 53.4 Å². The molecule has 4 nitrogen and oxygen atoms in total. The molecule has 0 aliphatic heterocycles. The molecule has 0 atom stereocenters. The van der Waals surface area contributed by atoms with Gasteiger partial charge < -0.3 is 15.4 Å². The fourth-order valence-electron chi connectivity index (χ4n) is 1.94. The molecule has 0 aliphatic carbocycles. The Morgan fingerprint density at radius 2 is 1.65 bits per heavy atom. The molecule has 1 amide bonds. The number of hydrogen-bond acceptors (Lipinski definition) is 5. The molecule has 144 valence electrons. The Hall–Kier alpha value is -1.63. The zero-order chi connectivity index (χ0) is 19.9. The van der Waals surface area contributed by atoms with E-state index in [9.17, 15) is 4.79 Å². The number of hydrogen-bond donors (Lipinski definition) is 3. The maximum Gasteiger partial charge on any atom is 0.257 e. The number of para-hydroxylation sites is 1. The molecule has 0 aliphatic rings. The number of anilines is 2. The Balaban J connectivity index is 0.00000146. The minimum Gasteiger partial charge on any atom is -0.330 e. The summed E-state index contributed by atoms with van der Waals surface area (Å²) in [6, 6.07) is 14.9. The molecule has 0 bridgehead atoms. The highest BCUT2D eigenvalue weighted by atomic mass is 32.2. The van der Waals surface area contributed by atoms with Gasteiger partial charge in [-0.15, -0.1) is 12.6 Å². The van der Waals surface area contributed by atoms with Crippen LogP contribution in [0.1, 0.15) is 38.1 Å². The van der Waals surface area contributed by atoms with Gasteiger partial charge in [-0.1, -0.05) is 39.8 Å². The Labute approximate surface area is 168 Å². The summed E-state index contributed by atoms with van der Waals surface area (Å²) >= 11 is 5.82. The van der Waals surface area contributed by atoms with E-state index in [4.69, 9.17) is 5.73 Å². The van der Waals surface area contributed by atoms with Gasteiger partial charge in [0.15, 0.2) is 0 Å². The second kappa shape index (κ2) is 14.5. The van der Waals surface area contributed by atoms with E-state index < -0.39 is 0 Å². The quantitative estimate of drug-likeness (QED) is 0.459. The minimum atomic E-state index is -0.136. The third-order valence-electron chi connectivity index (χ3n) is 3.02. The topological polar surface area (TPSA) is 58.4 Å². The van der Waals surface area contributed by atoms with Gasteiger partial charge >= 0.3 is 0 Å². The predicted molar refractivity (Wildman–Crippen MR) is 121 cm³/mol. The van der Waals surface area contributed by atoms with Crippen LogP contribution in [0.4, 0.5) is 11.4 Å². The van der Waals surface area contributed by atoms with Crippen LogP contribution >= 0.6 is 24.6 Å². The van der Waals surface area contributed by atoms with Gasteiger partial charge in [0.2, 0.25) is 0 Å². The van der Waals surface area contributed by atoms with E-state index >= 15 is 0 Å². The van der Waals surface area contributed by atoms with Crippen LogP contribution < -0.4 is 15.4 Å². The zero-order valence-electron chi connectivity index (χ0n) is 16.3. The summed E-state index contributed by atoms with van der Waals surface area (Å²) in [4.78, 5) is 13.4. The van der Waals surface area contributed by atoms with Gasteiger partial charge in [-0.05, 0) is 48.3 Å². The first kappa shape index (κ1) is 24.4. The second-order valence-electron chi connectivity index (χ2n) is 4.64. The van der Waals surface area contributed by atoms with Crippen LogP contribution in [0.3, 0.4) is 0 Å². The molecule has 0 heterocycles. The molecular formula is C20H31N3OS2. The van der Waals surface area contributed by atoms with Crippen LogP contribution in [-0.4, -0.2) is 25.3 Å². The van der Waals surface area contributed by atoms with E-state index in [1.807, 2.05) is 87.6 Å².